The minimum Gasteiger partial charge on any atom is -0.481 e. The molecule has 0 amide bonds. The van der Waals surface area contributed by atoms with Gasteiger partial charge in [-0.15, -0.1) is 0 Å². The molecular formula is C8H16N2O4. The lowest BCUT2D eigenvalue weighted by Crippen LogP contribution is -2.36. The Morgan fingerprint density at radius 3 is 2.50 bits per heavy atom. The Kier molecular flexibility index (Phi) is 6.69. The van der Waals surface area contributed by atoms with Crippen LogP contribution in [0.3, 0.4) is 0 Å². The van der Waals surface area contributed by atoms with Crippen molar-refractivity contribution in [2.45, 2.75) is 38.6 Å². The fraction of sp³-hybridized carbons (Fsp3) is 0.750. The van der Waals surface area contributed by atoms with Crippen LogP contribution in [0.25, 0.3) is 0 Å². The molecule has 0 aromatic heterocycles. The predicted molar refractivity (Wildman–Crippen MR) is 49.7 cm³/mol. The second-order valence-corrected chi connectivity index (χ2v) is 3.04. The first-order valence-corrected chi connectivity index (χ1v) is 4.41. The Morgan fingerprint density at radius 1 is 1.57 bits per heavy atom. The van der Waals surface area contributed by atoms with Gasteiger partial charge in [-0.2, -0.15) is 5.48 Å². The third-order valence-corrected chi connectivity index (χ3v) is 1.86. The molecule has 1 saturated carbocycles. The SMILES string of the molecule is CC(=O)O.O/N=C1/CCCCC1NO. The molecule has 0 heterocycles. The Hall–Kier alpha value is -1.14. The van der Waals surface area contributed by atoms with Crippen LogP contribution in [0.2, 0.25) is 0 Å². The van der Waals surface area contributed by atoms with Gasteiger partial charge in [0, 0.05) is 6.92 Å². The van der Waals surface area contributed by atoms with Crippen LogP contribution < -0.4 is 5.48 Å². The zero-order valence-electron chi connectivity index (χ0n) is 8.10. The highest BCUT2D eigenvalue weighted by atomic mass is 16.5. The second-order valence-electron chi connectivity index (χ2n) is 3.04. The molecule has 0 aliphatic heterocycles. The van der Waals surface area contributed by atoms with E-state index in [-0.39, 0.29) is 6.04 Å². The summed E-state index contributed by atoms with van der Waals surface area (Å²) in [6.45, 7) is 1.08. The number of oxime groups is 1. The maximum Gasteiger partial charge on any atom is 0.300 e. The van der Waals surface area contributed by atoms with E-state index < -0.39 is 5.97 Å². The van der Waals surface area contributed by atoms with Crippen LogP contribution in [-0.4, -0.2) is 33.2 Å². The van der Waals surface area contributed by atoms with Crippen LogP contribution in [0.4, 0.5) is 0 Å². The summed E-state index contributed by atoms with van der Waals surface area (Å²) in [7, 11) is 0. The van der Waals surface area contributed by atoms with Crippen LogP contribution >= 0.6 is 0 Å². The number of rotatable bonds is 1. The standard InChI is InChI=1S/C6H12N2O2.C2H4O2/c9-7-5-3-1-2-4-6(5)8-10;1-2(3)4/h5,7,9-10H,1-4H2;1H3,(H,3,4)/b8-6-;. The van der Waals surface area contributed by atoms with Gasteiger partial charge >= 0.3 is 0 Å². The molecule has 0 spiro atoms. The number of carbonyl (C=O) groups is 1. The number of nitrogens with zero attached hydrogens (tertiary/aromatic N) is 1. The number of hydrogen-bond acceptors (Lipinski definition) is 5. The van der Waals surface area contributed by atoms with Crippen LogP contribution in [-0.2, 0) is 4.79 Å². The Morgan fingerprint density at radius 2 is 2.14 bits per heavy atom. The fourth-order valence-electron chi connectivity index (χ4n) is 1.25. The zero-order valence-corrected chi connectivity index (χ0v) is 8.10. The lowest BCUT2D eigenvalue weighted by molar-refractivity contribution is -0.134. The Bertz CT molecular complexity index is 202. The molecule has 0 saturated heterocycles. The third-order valence-electron chi connectivity index (χ3n) is 1.86. The van der Waals surface area contributed by atoms with E-state index in [0.717, 1.165) is 32.6 Å². The molecular weight excluding hydrogens is 188 g/mol. The van der Waals surface area contributed by atoms with Crippen molar-refractivity contribution in [3.05, 3.63) is 0 Å². The van der Waals surface area contributed by atoms with E-state index in [0.29, 0.717) is 5.71 Å². The van der Waals surface area contributed by atoms with Gasteiger partial charge in [-0.05, 0) is 19.3 Å². The van der Waals surface area contributed by atoms with Crippen molar-refractivity contribution in [2.75, 3.05) is 0 Å². The van der Waals surface area contributed by atoms with E-state index in [1.165, 1.54) is 0 Å². The molecule has 1 unspecified atom stereocenters. The number of hydrogen-bond donors (Lipinski definition) is 4. The first-order valence-electron chi connectivity index (χ1n) is 4.41. The van der Waals surface area contributed by atoms with E-state index in [2.05, 4.69) is 10.6 Å². The zero-order chi connectivity index (χ0) is 11.0. The fourth-order valence-corrected chi connectivity index (χ4v) is 1.25. The van der Waals surface area contributed by atoms with Crippen LogP contribution in [0.1, 0.15) is 32.6 Å². The summed E-state index contributed by atoms with van der Waals surface area (Å²) in [5, 5.41) is 27.5. The second kappa shape index (κ2) is 7.28. The van der Waals surface area contributed by atoms with Gasteiger partial charge in [-0.25, -0.2) is 0 Å². The van der Waals surface area contributed by atoms with Crippen LogP contribution in [0, 0.1) is 0 Å². The lowest BCUT2D eigenvalue weighted by Gasteiger charge is -2.20. The molecule has 1 aliphatic rings. The van der Waals surface area contributed by atoms with Crippen molar-refractivity contribution in [3.8, 4) is 0 Å². The van der Waals surface area contributed by atoms with Gasteiger partial charge in [0.05, 0.1) is 11.8 Å². The smallest absolute Gasteiger partial charge is 0.300 e. The molecule has 1 fully saturated rings. The monoisotopic (exact) mass is 204 g/mol. The van der Waals surface area contributed by atoms with Gasteiger partial charge in [0.15, 0.2) is 0 Å². The lowest BCUT2D eigenvalue weighted by atomic mass is 9.94. The topological polar surface area (TPSA) is 102 Å². The quantitative estimate of drug-likeness (QED) is 0.374. The van der Waals surface area contributed by atoms with Gasteiger partial charge < -0.3 is 15.5 Å². The summed E-state index contributed by atoms with van der Waals surface area (Å²) in [4.78, 5) is 9.00. The molecule has 0 bridgehead atoms. The van der Waals surface area contributed by atoms with Gasteiger partial charge in [0.2, 0.25) is 0 Å². The number of aliphatic carboxylic acids is 1. The molecule has 0 radical (unpaired) electrons. The van der Waals surface area contributed by atoms with E-state index >= 15 is 0 Å². The average Bonchev–Trinajstić information content (AvgIpc) is 2.17. The summed E-state index contributed by atoms with van der Waals surface area (Å²) in [5.41, 5.74) is 2.78. The van der Waals surface area contributed by atoms with Crippen LogP contribution in [0.5, 0.6) is 0 Å². The van der Waals surface area contributed by atoms with E-state index in [1.54, 1.807) is 0 Å². The molecule has 6 nitrogen and oxygen atoms in total. The maximum absolute atomic E-state index is 9.00. The van der Waals surface area contributed by atoms with Crippen molar-refractivity contribution in [1.29, 1.82) is 0 Å². The van der Waals surface area contributed by atoms with E-state index in [4.69, 9.17) is 20.3 Å². The molecule has 6 heteroatoms. The predicted octanol–water partition coefficient (Wildman–Crippen LogP) is 0.829. The maximum atomic E-state index is 9.00. The summed E-state index contributed by atoms with van der Waals surface area (Å²) in [6.07, 6.45) is 3.78. The van der Waals surface area contributed by atoms with E-state index in [9.17, 15) is 0 Å². The molecule has 0 aromatic carbocycles. The number of hydroxylamine groups is 1. The largest absolute Gasteiger partial charge is 0.481 e. The number of nitrogens with one attached hydrogen (secondary N) is 1. The van der Waals surface area contributed by atoms with Crippen molar-refractivity contribution < 1.29 is 20.3 Å². The van der Waals surface area contributed by atoms with Crippen molar-refractivity contribution in [2.24, 2.45) is 5.16 Å². The number of carboxylic acids is 1. The molecule has 0 aromatic rings. The van der Waals surface area contributed by atoms with Crippen LogP contribution in [0.15, 0.2) is 5.16 Å². The summed E-state index contributed by atoms with van der Waals surface area (Å²) < 4.78 is 0. The molecule has 1 rings (SSSR count). The van der Waals surface area contributed by atoms with Crippen molar-refractivity contribution in [1.82, 2.24) is 5.48 Å². The summed E-state index contributed by atoms with van der Waals surface area (Å²) in [5.74, 6) is -0.833. The van der Waals surface area contributed by atoms with Gasteiger partial charge in [-0.1, -0.05) is 11.6 Å². The average molecular weight is 204 g/mol. The summed E-state index contributed by atoms with van der Waals surface area (Å²) in [6, 6.07) is -0.126. The summed E-state index contributed by atoms with van der Waals surface area (Å²) >= 11 is 0. The number of carboxylic acid groups (broad SMARTS) is 1. The molecule has 82 valence electrons. The highest BCUT2D eigenvalue weighted by Gasteiger charge is 2.19. The van der Waals surface area contributed by atoms with Crippen molar-refractivity contribution in [3.63, 3.8) is 0 Å². The van der Waals surface area contributed by atoms with E-state index in [1.807, 2.05) is 0 Å². The molecule has 14 heavy (non-hydrogen) atoms. The minimum absolute atomic E-state index is 0.126. The molecule has 1 atom stereocenters. The highest BCUT2D eigenvalue weighted by molar-refractivity contribution is 5.89. The molecule has 4 N–H and O–H groups in total. The van der Waals surface area contributed by atoms with Gasteiger partial charge in [0.25, 0.3) is 5.97 Å². The molecule has 1 aliphatic carbocycles. The first kappa shape index (κ1) is 12.9. The normalized spacial score (nSPS) is 23.9. The third kappa shape index (κ3) is 5.50. The van der Waals surface area contributed by atoms with Gasteiger partial charge in [0.1, 0.15) is 0 Å². The minimum atomic E-state index is -0.833. The highest BCUT2D eigenvalue weighted by Crippen LogP contribution is 2.14. The van der Waals surface area contributed by atoms with Gasteiger partial charge in [-0.3, -0.25) is 4.79 Å². The Labute approximate surface area is 82.2 Å². The van der Waals surface area contributed by atoms with Crippen molar-refractivity contribution >= 4 is 11.7 Å². The first-order chi connectivity index (χ1) is 6.61. The Balaban J connectivity index is 0.000000364.